The number of halogens is 4. The first-order valence-electron chi connectivity index (χ1n) is 11.6. The molecule has 0 unspecified atom stereocenters. The van der Waals surface area contributed by atoms with Gasteiger partial charge in [-0.1, -0.05) is 12.1 Å². The smallest absolute Gasteiger partial charge is 0.272 e. The van der Waals surface area contributed by atoms with Crippen LogP contribution in [0, 0.1) is 19.7 Å². The minimum absolute atomic E-state index is 0.126. The van der Waals surface area contributed by atoms with Gasteiger partial charge in [-0.3, -0.25) is 4.79 Å². The second kappa shape index (κ2) is 10.4. The molecule has 1 N–H and O–H groups in total. The Balaban J connectivity index is 1.40. The molecule has 10 heteroatoms. The van der Waals surface area contributed by atoms with Gasteiger partial charge in [0.15, 0.2) is 11.6 Å². The van der Waals surface area contributed by atoms with E-state index in [4.69, 9.17) is 9.47 Å². The number of aromatic amines is 1. The predicted octanol–water partition coefficient (Wildman–Crippen LogP) is 7.54. The molecule has 3 aromatic carbocycles. The van der Waals surface area contributed by atoms with Gasteiger partial charge >= 0.3 is 0 Å². The minimum atomic E-state index is -2.60. The number of carbonyl (C=O) groups excluding carboxylic acids is 1. The van der Waals surface area contributed by atoms with E-state index in [1.807, 2.05) is 6.92 Å². The van der Waals surface area contributed by atoms with Crippen LogP contribution in [0.2, 0.25) is 0 Å². The standard InChI is InChI=1S/C28H21BrF3N3O3/c1-15-9-18(38-25-6-4-3-5-21(25)30)7-8-24(15)35-16(2)19(13-33-35)28(36)23-10-17-11-26(37-14-27(31)32)20(29)12-22(17)34-23/h3-13,27,34H,14H2,1-2H3. The van der Waals surface area contributed by atoms with E-state index in [0.29, 0.717) is 38.1 Å². The molecule has 0 spiro atoms. The summed E-state index contributed by atoms with van der Waals surface area (Å²) in [6.07, 6.45) is -1.10. The van der Waals surface area contributed by atoms with Crippen molar-refractivity contribution in [2.75, 3.05) is 6.61 Å². The Kier molecular flexibility index (Phi) is 6.98. The van der Waals surface area contributed by atoms with Crippen molar-refractivity contribution in [3.63, 3.8) is 0 Å². The molecule has 0 atom stereocenters. The van der Waals surface area contributed by atoms with Gasteiger partial charge in [-0.25, -0.2) is 17.9 Å². The first-order chi connectivity index (χ1) is 18.2. The highest BCUT2D eigenvalue weighted by Gasteiger charge is 2.20. The number of nitrogens with one attached hydrogen (secondary N) is 1. The first kappa shape index (κ1) is 25.6. The van der Waals surface area contributed by atoms with Crippen LogP contribution in [0.5, 0.6) is 17.2 Å². The average Bonchev–Trinajstić information content (AvgIpc) is 3.46. The van der Waals surface area contributed by atoms with E-state index in [-0.39, 0.29) is 17.3 Å². The van der Waals surface area contributed by atoms with E-state index in [1.165, 1.54) is 12.3 Å². The van der Waals surface area contributed by atoms with Crippen LogP contribution in [0.1, 0.15) is 27.3 Å². The van der Waals surface area contributed by atoms with Gasteiger partial charge < -0.3 is 14.5 Å². The lowest BCUT2D eigenvalue weighted by molar-refractivity contribution is 0.0816. The lowest BCUT2D eigenvalue weighted by atomic mass is 10.1. The van der Waals surface area contributed by atoms with Crippen molar-refractivity contribution in [2.24, 2.45) is 0 Å². The van der Waals surface area contributed by atoms with E-state index in [9.17, 15) is 18.0 Å². The Morgan fingerprint density at radius 1 is 1.08 bits per heavy atom. The number of carbonyl (C=O) groups is 1. The van der Waals surface area contributed by atoms with Crippen LogP contribution in [-0.2, 0) is 0 Å². The first-order valence-corrected chi connectivity index (χ1v) is 12.4. The largest absolute Gasteiger partial charge is 0.486 e. The number of aromatic nitrogens is 3. The Hall–Kier alpha value is -4.05. The Bertz CT molecular complexity index is 1660. The van der Waals surface area contributed by atoms with Crippen LogP contribution >= 0.6 is 15.9 Å². The fraction of sp³-hybridized carbons (Fsp3) is 0.143. The number of ketones is 1. The average molecular weight is 584 g/mol. The summed E-state index contributed by atoms with van der Waals surface area (Å²) >= 11 is 3.32. The van der Waals surface area contributed by atoms with E-state index in [2.05, 4.69) is 26.0 Å². The molecule has 38 heavy (non-hydrogen) atoms. The molecule has 6 nitrogen and oxygen atoms in total. The predicted molar refractivity (Wildman–Crippen MR) is 140 cm³/mol. The van der Waals surface area contributed by atoms with Gasteiger partial charge in [-0.15, -0.1) is 0 Å². The van der Waals surface area contributed by atoms with E-state index in [0.717, 1.165) is 11.3 Å². The van der Waals surface area contributed by atoms with Gasteiger partial charge in [0, 0.05) is 10.9 Å². The van der Waals surface area contributed by atoms with Crippen LogP contribution in [-0.4, -0.2) is 33.6 Å². The Morgan fingerprint density at radius 2 is 1.87 bits per heavy atom. The lowest BCUT2D eigenvalue weighted by Gasteiger charge is -2.12. The van der Waals surface area contributed by atoms with Crippen molar-refractivity contribution in [3.8, 4) is 22.9 Å². The van der Waals surface area contributed by atoms with E-state index < -0.39 is 18.8 Å². The summed E-state index contributed by atoms with van der Waals surface area (Å²) in [6, 6.07) is 16.4. The summed E-state index contributed by atoms with van der Waals surface area (Å²) in [7, 11) is 0. The van der Waals surface area contributed by atoms with Gasteiger partial charge in [0.2, 0.25) is 5.78 Å². The Morgan fingerprint density at radius 3 is 2.61 bits per heavy atom. The number of ether oxygens (including phenoxy) is 2. The molecular formula is C28H21BrF3N3O3. The zero-order valence-corrected chi connectivity index (χ0v) is 21.9. The molecule has 5 aromatic rings. The van der Waals surface area contributed by atoms with Crippen LogP contribution in [0.15, 0.2) is 71.3 Å². The second-order valence-corrected chi connectivity index (χ2v) is 9.47. The number of rotatable bonds is 8. The van der Waals surface area contributed by atoms with Crippen molar-refractivity contribution in [2.45, 2.75) is 20.3 Å². The maximum atomic E-state index is 14.0. The molecule has 0 saturated carbocycles. The summed E-state index contributed by atoms with van der Waals surface area (Å²) in [4.78, 5) is 16.4. The normalized spacial score (nSPS) is 11.3. The van der Waals surface area contributed by atoms with Crippen molar-refractivity contribution in [1.82, 2.24) is 14.8 Å². The molecule has 0 aliphatic carbocycles. The summed E-state index contributed by atoms with van der Waals surface area (Å²) in [6.45, 7) is 2.93. The van der Waals surface area contributed by atoms with Gasteiger partial charge in [0.05, 0.1) is 33.3 Å². The SMILES string of the molecule is Cc1cc(Oc2ccccc2F)ccc1-n1ncc(C(=O)c2cc3cc(OCC(F)F)c(Br)cc3[nH]2)c1C. The highest BCUT2D eigenvalue weighted by Crippen LogP contribution is 2.32. The summed E-state index contributed by atoms with van der Waals surface area (Å²) in [5.41, 5.74) is 3.55. The molecule has 0 amide bonds. The third kappa shape index (κ3) is 5.04. The number of hydrogen-bond donors (Lipinski definition) is 1. The quantitative estimate of drug-likeness (QED) is 0.192. The van der Waals surface area contributed by atoms with Crippen LogP contribution in [0.4, 0.5) is 13.2 Å². The molecule has 0 aliphatic heterocycles. The highest BCUT2D eigenvalue weighted by molar-refractivity contribution is 9.10. The lowest BCUT2D eigenvalue weighted by Crippen LogP contribution is -2.07. The van der Waals surface area contributed by atoms with E-state index in [1.54, 1.807) is 66.2 Å². The maximum absolute atomic E-state index is 14.0. The summed E-state index contributed by atoms with van der Waals surface area (Å²) in [5, 5.41) is 5.07. The number of H-pyrrole nitrogens is 1. The molecule has 194 valence electrons. The molecule has 0 aliphatic rings. The fourth-order valence-electron chi connectivity index (χ4n) is 4.12. The van der Waals surface area contributed by atoms with Crippen molar-refractivity contribution in [3.05, 3.63) is 99.7 Å². The third-order valence-corrected chi connectivity index (χ3v) is 6.62. The Labute approximate surface area is 224 Å². The number of para-hydroxylation sites is 1. The van der Waals surface area contributed by atoms with Gasteiger partial charge in [0.1, 0.15) is 18.1 Å². The monoisotopic (exact) mass is 583 g/mol. The fourth-order valence-corrected chi connectivity index (χ4v) is 4.58. The maximum Gasteiger partial charge on any atom is 0.272 e. The van der Waals surface area contributed by atoms with Crippen molar-refractivity contribution in [1.29, 1.82) is 0 Å². The van der Waals surface area contributed by atoms with Crippen LogP contribution in [0.3, 0.4) is 0 Å². The van der Waals surface area contributed by atoms with Crippen LogP contribution in [0.25, 0.3) is 16.6 Å². The minimum Gasteiger partial charge on any atom is -0.486 e. The van der Waals surface area contributed by atoms with Gasteiger partial charge in [-0.05, 0) is 83.9 Å². The zero-order chi connectivity index (χ0) is 27.0. The molecule has 0 fully saturated rings. The summed E-state index contributed by atoms with van der Waals surface area (Å²) < 4.78 is 52.0. The molecule has 0 bridgehead atoms. The van der Waals surface area contributed by atoms with Gasteiger partial charge in [-0.2, -0.15) is 5.10 Å². The molecule has 2 heterocycles. The number of aryl methyl sites for hydroxylation is 1. The van der Waals surface area contributed by atoms with E-state index >= 15 is 0 Å². The zero-order valence-electron chi connectivity index (χ0n) is 20.3. The number of hydrogen-bond acceptors (Lipinski definition) is 4. The number of alkyl halides is 2. The number of nitrogens with zero attached hydrogens (tertiary/aromatic N) is 2. The highest BCUT2D eigenvalue weighted by atomic mass is 79.9. The van der Waals surface area contributed by atoms with Crippen LogP contribution < -0.4 is 9.47 Å². The number of fused-ring (bicyclic) bond motifs is 1. The molecule has 2 aromatic heterocycles. The third-order valence-electron chi connectivity index (χ3n) is 6.00. The second-order valence-electron chi connectivity index (χ2n) is 8.62. The number of benzene rings is 3. The van der Waals surface area contributed by atoms with Crippen molar-refractivity contribution < 1.29 is 27.4 Å². The topological polar surface area (TPSA) is 69.1 Å². The molecule has 0 saturated heterocycles. The summed E-state index contributed by atoms with van der Waals surface area (Å²) in [5.74, 6) is 0.131. The van der Waals surface area contributed by atoms with Crippen molar-refractivity contribution >= 4 is 32.6 Å². The molecular weight excluding hydrogens is 563 g/mol. The molecule has 5 rings (SSSR count). The molecule has 0 radical (unpaired) electrons. The van der Waals surface area contributed by atoms with Gasteiger partial charge in [0.25, 0.3) is 6.43 Å².